The number of carboxylic acids is 2. The van der Waals surface area contributed by atoms with E-state index in [4.69, 9.17) is 5.11 Å². The molecule has 7 nitrogen and oxygen atoms in total. The molecule has 2 aromatic carbocycles. The van der Waals surface area contributed by atoms with E-state index in [2.05, 4.69) is 0 Å². The molecule has 0 bridgehead atoms. The monoisotopic (exact) mass is 479 g/mol. The molecule has 0 spiro atoms. The molecule has 2 atom stereocenters. The Balaban J connectivity index is 1.43. The van der Waals surface area contributed by atoms with E-state index in [-0.39, 0.29) is 23.3 Å². The summed E-state index contributed by atoms with van der Waals surface area (Å²) in [6.45, 7) is 0.964. The minimum atomic E-state index is -1.53. The molecule has 2 aromatic rings. The number of rotatable bonds is 8. The summed E-state index contributed by atoms with van der Waals surface area (Å²) in [6, 6.07) is 15.2. The zero-order valence-electron chi connectivity index (χ0n) is 19.8. The molecule has 186 valence electrons. The summed E-state index contributed by atoms with van der Waals surface area (Å²) >= 11 is 0. The van der Waals surface area contributed by atoms with Crippen molar-refractivity contribution >= 4 is 17.8 Å². The molecule has 4 rings (SSSR count). The Kier molecular flexibility index (Phi) is 7.55. The Morgan fingerprint density at radius 3 is 2.03 bits per heavy atom. The van der Waals surface area contributed by atoms with Crippen LogP contribution in [0.3, 0.4) is 0 Å². The summed E-state index contributed by atoms with van der Waals surface area (Å²) in [6.07, 6.45) is 5.44. The van der Waals surface area contributed by atoms with Gasteiger partial charge in [0.1, 0.15) is 0 Å². The normalized spacial score (nSPS) is 19.7. The highest BCUT2D eigenvalue weighted by molar-refractivity contribution is 5.88. The Morgan fingerprint density at radius 2 is 1.49 bits per heavy atom. The SMILES string of the molecule is O=C(O)c1ccc(C(CC2CCN(C(=O)[C@](O)(c3ccccc3)C3CCCC3)CC2)C(=O)O)cc1. The lowest BCUT2D eigenvalue weighted by molar-refractivity contribution is -0.161. The molecule has 7 heteroatoms. The average Bonchev–Trinajstić information content (AvgIpc) is 3.43. The van der Waals surface area contributed by atoms with Gasteiger partial charge in [-0.25, -0.2) is 4.79 Å². The maximum atomic E-state index is 13.7. The van der Waals surface area contributed by atoms with Crippen molar-refractivity contribution in [1.82, 2.24) is 4.90 Å². The molecule has 1 amide bonds. The molecule has 0 aromatic heterocycles. The fraction of sp³-hybridized carbons (Fsp3) is 0.464. The summed E-state index contributed by atoms with van der Waals surface area (Å²) in [4.78, 5) is 38.5. The van der Waals surface area contributed by atoms with Crippen LogP contribution in [0.5, 0.6) is 0 Å². The minimum Gasteiger partial charge on any atom is -0.481 e. The van der Waals surface area contributed by atoms with E-state index in [0.29, 0.717) is 43.5 Å². The number of hydrogen-bond donors (Lipinski definition) is 3. The topological polar surface area (TPSA) is 115 Å². The Hall–Kier alpha value is -3.19. The van der Waals surface area contributed by atoms with E-state index in [9.17, 15) is 24.6 Å². The lowest BCUT2D eigenvalue weighted by Crippen LogP contribution is -2.53. The van der Waals surface area contributed by atoms with Crippen LogP contribution in [-0.4, -0.2) is 51.2 Å². The molecule has 0 radical (unpaired) electrons. The van der Waals surface area contributed by atoms with E-state index >= 15 is 0 Å². The number of carbonyl (C=O) groups is 3. The number of piperidine rings is 1. The molecule has 3 N–H and O–H groups in total. The first-order chi connectivity index (χ1) is 16.8. The van der Waals surface area contributed by atoms with E-state index in [0.717, 1.165) is 25.7 Å². The quantitative estimate of drug-likeness (QED) is 0.521. The summed E-state index contributed by atoms with van der Waals surface area (Å²) in [7, 11) is 0. The highest BCUT2D eigenvalue weighted by atomic mass is 16.4. The van der Waals surface area contributed by atoms with Gasteiger partial charge in [-0.2, -0.15) is 0 Å². The molecule has 35 heavy (non-hydrogen) atoms. The maximum absolute atomic E-state index is 13.7. The van der Waals surface area contributed by atoms with Gasteiger partial charge in [0, 0.05) is 19.0 Å². The van der Waals surface area contributed by atoms with E-state index in [1.54, 1.807) is 17.0 Å². The number of nitrogens with zero attached hydrogens (tertiary/aromatic N) is 1. The first kappa shape index (κ1) is 24.9. The number of carbonyl (C=O) groups excluding carboxylic acids is 1. The predicted molar refractivity (Wildman–Crippen MR) is 130 cm³/mol. The summed E-state index contributed by atoms with van der Waals surface area (Å²) < 4.78 is 0. The van der Waals surface area contributed by atoms with E-state index < -0.39 is 23.5 Å². The lowest BCUT2D eigenvalue weighted by Gasteiger charge is -2.41. The second-order valence-electron chi connectivity index (χ2n) is 9.90. The van der Waals surface area contributed by atoms with Crippen LogP contribution < -0.4 is 0 Å². The van der Waals surface area contributed by atoms with E-state index in [1.165, 1.54) is 12.1 Å². The number of carboxylic acid groups (broad SMARTS) is 2. The second-order valence-corrected chi connectivity index (χ2v) is 9.90. The number of aliphatic carboxylic acids is 1. The van der Waals surface area contributed by atoms with Crippen LogP contribution in [-0.2, 0) is 15.2 Å². The lowest BCUT2D eigenvalue weighted by atomic mass is 9.78. The Morgan fingerprint density at radius 1 is 0.886 bits per heavy atom. The second kappa shape index (κ2) is 10.6. The zero-order chi connectivity index (χ0) is 25.0. The molecule has 1 heterocycles. The number of aliphatic hydroxyl groups is 1. The van der Waals surface area contributed by atoms with Crippen molar-refractivity contribution in [3.8, 4) is 0 Å². The fourth-order valence-corrected chi connectivity index (χ4v) is 5.75. The fourth-order valence-electron chi connectivity index (χ4n) is 5.75. The van der Waals surface area contributed by atoms with Crippen molar-refractivity contribution in [2.75, 3.05) is 13.1 Å². The summed E-state index contributed by atoms with van der Waals surface area (Å²) in [5, 5.41) is 30.7. The van der Waals surface area contributed by atoms with Crippen LogP contribution in [0.1, 0.15) is 72.3 Å². The van der Waals surface area contributed by atoms with Gasteiger partial charge in [0.15, 0.2) is 5.60 Å². The van der Waals surface area contributed by atoms with Crippen LogP contribution >= 0.6 is 0 Å². The standard InChI is InChI=1S/C28H33NO6/c30-25(31)21-12-10-20(11-13-21)24(26(32)33)18-19-14-16-29(17-15-19)27(34)28(35,23-8-4-5-9-23)22-6-2-1-3-7-22/h1-3,6-7,10-13,19,23-24,35H,4-5,8-9,14-18H2,(H,30,31)(H,32,33)/t24?,28-/m0/s1. The molecule has 1 saturated carbocycles. The largest absolute Gasteiger partial charge is 0.481 e. The molecule has 2 aliphatic rings. The van der Waals surface area contributed by atoms with Crippen molar-refractivity contribution in [2.45, 2.75) is 56.5 Å². The molecule has 1 aliphatic carbocycles. The van der Waals surface area contributed by atoms with Crippen molar-refractivity contribution in [2.24, 2.45) is 11.8 Å². The number of likely N-dealkylation sites (tertiary alicyclic amines) is 1. The number of amides is 1. The molecular weight excluding hydrogens is 446 g/mol. The predicted octanol–water partition coefficient (Wildman–Crippen LogP) is 4.26. The molecular formula is C28H33NO6. The number of benzene rings is 2. The highest BCUT2D eigenvalue weighted by Crippen LogP contribution is 2.42. The molecule has 2 fully saturated rings. The maximum Gasteiger partial charge on any atom is 0.335 e. The number of hydrogen-bond acceptors (Lipinski definition) is 4. The number of aromatic carboxylic acids is 1. The van der Waals surface area contributed by atoms with Crippen molar-refractivity contribution in [3.05, 3.63) is 71.3 Å². The molecule has 1 unspecified atom stereocenters. The van der Waals surface area contributed by atoms with Gasteiger partial charge in [-0.05, 0) is 61.3 Å². The highest BCUT2D eigenvalue weighted by Gasteiger charge is 2.48. The average molecular weight is 480 g/mol. The van der Waals surface area contributed by atoms with Crippen LogP contribution in [0.2, 0.25) is 0 Å². The van der Waals surface area contributed by atoms with Crippen molar-refractivity contribution < 1.29 is 29.7 Å². The smallest absolute Gasteiger partial charge is 0.335 e. The van der Waals surface area contributed by atoms with Gasteiger partial charge in [-0.15, -0.1) is 0 Å². The minimum absolute atomic E-state index is 0.0970. The van der Waals surface area contributed by atoms with Crippen molar-refractivity contribution in [1.29, 1.82) is 0 Å². The summed E-state index contributed by atoms with van der Waals surface area (Å²) in [5.74, 6) is -2.94. The third-order valence-electron chi connectivity index (χ3n) is 7.81. The summed E-state index contributed by atoms with van der Waals surface area (Å²) in [5.41, 5.74) is -0.173. The van der Waals surface area contributed by atoms with Crippen LogP contribution in [0.15, 0.2) is 54.6 Å². The van der Waals surface area contributed by atoms with Gasteiger partial charge >= 0.3 is 11.9 Å². The van der Waals surface area contributed by atoms with Crippen LogP contribution in [0.4, 0.5) is 0 Å². The van der Waals surface area contributed by atoms with Gasteiger partial charge in [0.2, 0.25) is 0 Å². The first-order valence-corrected chi connectivity index (χ1v) is 12.4. The molecule has 1 saturated heterocycles. The van der Waals surface area contributed by atoms with Crippen LogP contribution in [0.25, 0.3) is 0 Å². The third-order valence-corrected chi connectivity index (χ3v) is 7.81. The van der Waals surface area contributed by atoms with Gasteiger partial charge in [0.05, 0.1) is 11.5 Å². The van der Waals surface area contributed by atoms with Gasteiger partial charge in [0.25, 0.3) is 5.91 Å². The van der Waals surface area contributed by atoms with Gasteiger partial charge < -0.3 is 20.2 Å². The first-order valence-electron chi connectivity index (χ1n) is 12.4. The van der Waals surface area contributed by atoms with Gasteiger partial charge in [-0.1, -0.05) is 55.3 Å². The van der Waals surface area contributed by atoms with E-state index in [1.807, 2.05) is 30.3 Å². The Labute approximate surface area is 205 Å². The van der Waals surface area contributed by atoms with Crippen LogP contribution in [0, 0.1) is 11.8 Å². The third kappa shape index (κ3) is 5.25. The Bertz CT molecular complexity index is 1040. The molecule has 1 aliphatic heterocycles. The zero-order valence-corrected chi connectivity index (χ0v) is 19.8. The van der Waals surface area contributed by atoms with Crippen molar-refractivity contribution in [3.63, 3.8) is 0 Å². The van der Waals surface area contributed by atoms with Gasteiger partial charge in [-0.3, -0.25) is 9.59 Å².